The second kappa shape index (κ2) is 8.96. The number of aromatic nitrogens is 3. The quantitative estimate of drug-likeness (QED) is 0.224. The van der Waals surface area contributed by atoms with Gasteiger partial charge in [-0.3, -0.25) is 9.80 Å². The van der Waals surface area contributed by atoms with Gasteiger partial charge in [-0.2, -0.15) is 4.57 Å². The molecule has 5 aromatic rings. The summed E-state index contributed by atoms with van der Waals surface area (Å²) in [5, 5.41) is 25.7. The van der Waals surface area contributed by atoms with Crippen molar-refractivity contribution in [1.82, 2.24) is 19.8 Å². The highest BCUT2D eigenvalue weighted by Gasteiger charge is 2.39. The largest absolute Gasteiger partial charge is 0.508 e. The number of phenols is 1. The number of likely N-dealkylation sites (N-methyl/N-ethyl adjacent to an activating group) is 1. The third kappa shape index (κ3) is 3.42. The number of aromatic hydroxyl groups is 2. The van der Waals surface area contributed by atoms with Crippen LogP contribution in [0.2, 0.25) is 0 Å². The van der Waals surface area contributed by atoms with Crippen molar-refractivity contribution in [2.24, 2.45) is 0 Å². The Morgan fingerprint density at radius 3 is 2.61 bits per heavy atom. The molecule has 0 bridgehead atoms. The van der Waals surface area contributed by atoms with Crippen molar-refractivity contribution in [1.29, 1.82) is 0 Å². The number of nitrogens with zero attached hydrogens (tertiary/aromatic N) is 3. The third-order valence-electron chi connectivity index (χ3n) is 9.93. The molecule has 0 saturated carbocycles. The van der Waals surface area contributed by atoms with E-state index in [1.165, 1.54) is 16.5 Å². The highest BCUT2D eigenvalue weighted by Crippen LogP contribution is 2.48. The van der Waals surface area contributed by atoms with Crippen LogP contribution in [0.25, 0.3) is 39.3 Å². The van der Waals surface area contributed by atoms with Gasteiger partial charge in [-0.05, 0) is 69.2 Å². The lowest BCUT2D eigenvalue weighted by molar-refractivity contribution is -0.688. The average Bonchev–Trinajstić information content (AvgIpc) is 3.67. The second-order valence-corrected chi connectivity index (χ2v) is 12.1. The molecule has 0 radical (unpaired) electrons. The van der Waals surface area contributed by atoms with Crippen LogP contribution in [0.15, 0.2) is 49.2 Å². The molecule has 1 fully saturated rings. The summed E-state index contributed by atoms with van der Waals surface area (Å²) in [6, 6.07) is 12.4. The topological polar surface area (TPSA) is 82.4 Å². The van der Waals surface area contributed by atoms with E-state index >= 15 is 0 Å². The molecule has 0 aliphatic carbocycles. The van der Waals surface area contributed by atoms with Gasteiger partial charge in [0.2, 0.25) is 0 Å². The molecule has 0 spiro atoms. The lowest BCUT2D eigenvalue weighted by Gasteiger charge is -2.34. The first-order chi connectivity index (χ1) is 20.0. The Kier molecular flexibility index (Phi) is 5.40. The lowest BCUT2D eigenvalue weighted by atomic mass is 9.88. The summed E-state index contributed by atoms with van der Waals surface area (Å²) in [4.78, 5) is 12.1. The minimum Gasteiger partial charge on any atom is -0.508 e. The number of aryl methyl sites for hydroxylation is 2. The number of benzene rings is 2. The van der Waals surface area contributed by atoms with Crippen molar-refractivity contribution >= 4 is 27.9 Å². The zero-order chi connectivity index (χ0) is 28.0. The molecule has 1 saturated heterocycles. The number of nitrogens with one attached hydrogen (secondary N) is 2. The summed E-state index contributed by atoms with van der Waals surface area (Å²) in [6.45, 7) is 6.85. The van der Waals surface area contributed by atoms with E-state index in [0.29, 0.717) is 11.5 Å². The van der Waals surface area contributed by atoms with Crippen LogP contribution in [0.5, 0.6) is 11.5 Å². The standard InChI is InChI=1S/C34H35N5O2/c1-4-19-18-39-17-14-23-21-11-12-26(40)28(25-10-7-15-37(25)2)29(21)36-31(23)33(39)34(41)27(19)32-30-22(13-16-38(32)3)20-8-5-6-9-24(20)35-30/h4-6,8-9,11-12,18,25,32,35H,1,7,10,13-17H2,2-3H3,(H2,36,40,41)/p+1/t25-,32+/m1/s1. The Balaban J connectivity index is 1.36. The predicted molar refractivity (Wildman–Crippen MR) is 162 cm³/mol. The smallest absolute Gasteiger partial charge is 0.271 e. The van der Waals surface area contributed by atoms with Crippen LogP contribution < -0.4 is 4.57 Å². The lowest BCUT2D eigenvalue weighted by Crippen LogP contribution is -2.42. The summed E-state index contributed by atoms with van der Waals surface area (Å²) in [6.07, 6.45) is 7.98. The molecule has 0 amide bonds. The van der Waals surface area contributed by atoms with Crippen LogP contribution in [0.3, 0.4) is 0 Å². The van der Waals surface area contributed by atoms with Crippen molar-refractivity contribution in [2.75, 3.05) is 27.2 Å². The highest BCUT2D eigenvalue weighted by molar-refractivity contribution is 5.95. The van der Waals surface area contributed by atoms with Gasteiger partial charge in [-0.15, -0.1) is 0 Å². The van der Waals surface area contributed by atoms with Gasteiger partial charge in [0.15, 0.2) is 18.5 Å². The number of fused-ring (bicyclic) bond motifs is 8. The number of aromatic amines is 2. The van der Waals surface area contributed by atoms with Gasteiger partial charge < -0.3 is 20.2 Å². The Labute approximate surface area is 239 Å². The molecule has 4 N–H and O–H groups in total. The van der Waals surface area contributed by atoms with Gasteiger partial charge >= 0.3 is 0 Å². The molecule has 0 unspecified atom stereocenters. The molecular formula is C34H36N5O2+. The maximum Gasteiger partial charge on any atom is 0.271 e. The average molecular weight is 547 g/mol. The Hall–Kier alpha value is -4.07. The number of rotatable bonds is 3. The first-order valence-electron chi connectivity index (χ1n) is 14.7. The molecular weight excluding hydrogens is 510 g/mol. The van der Waals surface area contributed by atoms with Gasteiger partial charge in [0.25, 0.3) is 5.69 Å². The maximum absolute atomic E-state index is 12.3. The molecule has 7 heteroatoms. The van der Waals surface area contributed by atoms with E-state index in [1.54, 1.807) is 0 Å². The fourth-order valence-electron chi connectivity index (χ4n) is 7.95. The molecule has 6 heterocycles. The Morgan fingerprint density at radius 2 is 1.80 bits per heavy atom. The van der Waals surface area contributed by atoms with Gasteiger partial charge in [0.05, 0.1) is 11.6 Å². The molecule has 7 nitrogen and oxygen atoms in total. The summed E-state index contributed by atoms with van der Waals surface area (Å²) < 4.78 is 2.17. The fraction of sp³-hybridized carbons (Fsp3) is 0.324. The number of pyridine rings is 1. The molecule has 8 rings (SSSR count). The first-order valence-corrected chi connectivity index (χ1v) is 14.7. The Bertz CT molecular complexity index is 1880. The first kappa shape index (κ1) is 24.7. The minimum absolute atomic E-state index is 0.133. The van der Waals surface area contributed by atoms with Crippen molar-refractivity contribution in [3.8, 4) is 22.9 Å². The van der Waals surface area contributed by atoms with E-state index in [4.69, 9.17) is 0 Å². The molecule has 3 aliphatic heterocycles. The normalized spacial score (nSPS) is 20.8. The van der Waals surface area contributed by atoms with Gasteiger partial charge in [-0.25, -0.2) is 0 Å². The van der Waals surface area contributed by atoms with E-state index in [9.17, 15) is 10.2 Å². The molecule has 2 atom stereocenters. The summed E-state index contributed by atoms with van der Waals surface area (Å²) in [7, 11) is 4.28. The number of hydrogen-bond acceptors (Lipinski definition) is 4. The van der Waals surface area contributed by atoms with Crippen LogP contribution in [-0.4, -0.2) is 57.2 Å². The second-order valence-electron chi connectivity index (χ2n) is 12.1. The molecule has 41 heavy (non-hydrogen) atoms. The molecule has 208 valence electrons. The zero-order valence-electron chi connectivity index (χ0n) is 23.7. The van der Waals surface area contributed by atoms with Crippen molar-refractivity contribution in [2.45, 2.75) is 44.3 Å². The van der Waals surface area contributed by atoms with Gasteiger partial charge in [0.1, 0.15) is 11.4 Å². The van der Waals surface area contributed by atoms with Crippen LogP contribution in [0.1, 0.15) is 58.4 Å². The molecule has 2 aromatic carbocycles. The fourth-order valence-corrected chi connectivity index (χ4v) is 7.95. The number of para-hydroxylation sites is 1. The van der Waals surface area contributed by atoms with Gasteiger partial charge in [-0.1, -0.05) is 30.9 Å². The summed E-state index contributed by atoms with van der Waals surface area (Å²) >= 11 is 0. The molecule has 3 aromatic heterocycles. The van der Waals surface area contributed by atoms with E-state index in [0.717, 1.165) is 95.5 Å². The number of H-pyrrole nitrogens is 2. The van der Waals surface area contributed by atoms with Gasteiger partial charge in [0, 0.05) is 57.7 Å². The highest BCUT2D eigenvalue weighted by atomic mass is 16.3. The maximum atomic E-state index is 12.3. The van der Waals surface area contributed by atoms with Crippen molar-refractivity contribution in [3.63, 3.8) is 0 Å². The van der Waals surface area contributed by atoms with Crippen molar-refractivity contribution < 1.29 is 14.8 Å². The predicted octanol–water partition coefficient (Wildman–Crippen LogP) is 5.56. The SMILES string of the molecule is C=Cc1c[n+]2c(c(O)c1[C@H]1c3[nH]c4ccccc4c3CCN1C)-c1[nH]c3c([C@H]4CCCN4C)c(O)ccc3c1CC2. The van der Waals surface area contributed by atoms with Crippen LogP contribution in [0, 0.1) is 0 Å². The van der Waals surface area contributed by atoms with Crippen LogP contribution in [0.4, 0.5) is 0 Å². The van der Waals surface area contributed by atoms with E-state index in [-0.39, 0.29) is 12.1 Å². The Morgan fingerprint density at radius 1 is 0.951 bits per heavy atom. The van der Waals surface area contributed by atoms with E-state index in [2.05, 4.69) is 75.5 Å². The number of likely N-dealkylation sites (tertiary alicyclic amines) is 1. The minimum atomic E-state index is -0.133. The number of hydrogen-bond donors (Lipinski definition) is 4. The molecule has 3 aliphatic rings. The summed E-state index contributed by atoms with van der Waals surface area (Å²) in [5.74, 6) is 0.631. The number of phenolic OH excluding ortho intramolecular Hbond substituents is 1. The van der Waals surface area contributed by atoms with E-state index < -0.39 is 0 Å². The van der Waals surface area contributed by atoms with E-state index in [1.807, 2.05) is 18.2 Å². The van der Waals surface area contributed by atoms with Crippen LogP contribution >= 0.6 is 0 Å². The van der Waals surface area contributed by atoms with Crippen molar-refractivity contribution in [3.05, 3.63) is 82.7 Å². The van der Waals surface area contributed by atoms with Crippen LogP contribution in [-0.2, 0) is 19.4 Å². The monoisotopic (exact) mass is 546 g/mol. The zero-order valence-corrected chi connectivity index (χ0v) is 23.7. The third-order valence-corrected chi connectivity index (χ3v) is 9.93. The summed E-state index contributed by atoms with van der Waals surface area (Å²) in [5.41, 5.74) is 10.4.